The van der Waals surface area contributed by atoms with Crippen molar-refractivity contribution in [3.8, 4) is 11.5 Å². The maximum absolute atomic E-state index is 10.6. The van der Waals surface area contributed by atoms with Crippen LogP contribution >= 0.6 is 15.9 Å². The molecule has 2 aromatic carbocycles. The first kappa shape index (κ1) is 15.1. The number of hydrogen-bond donors (Lipinski definition) is 1. The molecule has 0 atom stereocenters. The van der Waals surface area contributed by atoms with Crippen LogP contribution in [0.4, 0.5) is 5.69 Å². The topological polar surface area (TPSA) is 72.6 Å². The molecule has 0 radical (unpaired) electrons. The fourth-order valence-corrected chi connectivity index (χ4v) is 2.26. The van der Waals surface area contributed by atoms with Crippen LogP contribution in [0.2, 0.25) is 0 Å². The number of rotatable bonds is 4. The van der Waals surface area contributed by atoms with Gasteiger partial charge in [-0.05, 0) is 39.7 Å². The van der Waals surface area contributed by atoms with Crippen LogP contribution in [-0.4, -0.2) is 17.1 Å². The summed E-state index contributed by atoms with van der Waals surface area (Å²) in [6.45, 7) is 0. The van der Waals surface area contributed by atoms with Crippen molar-refractivity contribution in [1.29, 1.82) is 0 Å². The summed E-state index contributed by atoms with van der Waals surface area (Å²) in [6, 6.07) is 9.40. The average molecular weight is 350 g/mol. The molecule has 0 saturated carbocycles. The smallest absolute Gasteiger partial charge is 0.269 e. The van der Waals surface area contributed by atoms with Crippen LogP contribution in [0, 0.1) is 10.1 Å². The lowest BCUT2D eigenvalue weighted by Gasteiger charge is -2.06. The zero-order chi connectivity index (χ0) is 15.4. The molecule has 0 bridgehead atoms. The fraction of sp³-hybridized carbons (Fsp3) is 0.0667. The van der Waals surface area contributed by atoms with Crippen molar-refractivity contribution in [2.45, 2.75) is 0 Å². The predicted octanol–water partition coefficient (Wildman–Crippen LogP) is 4.24. The molecule has 0 spiro atoms. The number of methoxy groups -OCH3 is 1. The van der Waals surface area contributed by atoms with Crippen LogP contribution in [0.1, 0.15) is 11.1 Å². The SMILES string of the molecule is COc1cc(O)c(C=Cc2ccc([N+](=O)[O-])cc2)cc1Br. The molecule has 0 heterocycles. The molecule has 0 aromatic heterocycles. The Bertz CT molecular complexity index is 696. The number of non-ortho nitro benzene ring substituents is 1. The van der Waals surface area contributed by atoms with Gasteiger partial charge in [0.15, 0.2) is 0 Å². The monoisotopic (exact) mass is 349 g/mol. The van der Waals surface area contributed by atoms with E-state index in [0.29, 0.717) is 11.3 Å². The quantitative estimate of drug-likeness (QED) is 0.509. The molecule has 0 amide bonds. The maximum Gasteiger partial charge on any atom is 0.269 e. The van der Waals surface area contributed by atoms with Gasteiger partial charge in [0, 0.05) is 23.8 Å². The lowest BCUT2D eigenvalue weighted by atomic mass is 10.1. The lowest BCUT2D eigenvalue weighted by Crippen LogP contribution is -1.87. The maximum atomic E-state index is 10.6. The molecule has 0 saturated heterocycles. The summed E-state index contributed by atoms with van der Waals surface area (Å²) in [4.78, 5) is 10.1. The second-order valence-corrected chi connectivity index (χ2v) is 5.08. The molecule has 2 aromatic rings. The Morgan fingerprint density at radius 2 is 1.90 bits per heavy atom. The summed E-state index contributed by atoms with van der Waals surface area (Å²) in [5.41, 5.74) is 1.45. The number of hydrogen-bond acceptors (Lipinski definition) is 4. The molecule has 0 fully saturated rings. The van der Waals surface area contributed by atoms with E-state index < -0.39 is 4.92 Å². The predicted molar refractivity (Wildman–Crippen MR) is 84.4 cm³/mol. The number of nitro benzene ring substituents is 1. The van der Waals surface area contributed by atoms with Crippen molar-refractivity contribution in [2.75, 3.05) is 7.11 Å². The van der Waals surface area contributed by atoms with Crippen LogP contribution in [0.15, 0.2) is 40.9 Å². The van der Waals surface area contributed by atoms with Gasteiger partial charge in [0.25, 0.3) is 5.69 Å². The normalized spacial score (nSPS) is 10.8. The average Bonchev–Trinajstić information content (AvgIpc) is 2.48. The van der Waals surface area contributed by atoms with E-state index in [9.17, 15) is 15.2 Å². The third-order valence-corrected chi connectivity index (χ3v) is 3.48. The summed E-state index contributed by atoms with van der Waals surface area (Å²) < 4.78 is 5.81. The Morgan fingerprint density at radius 3 is 2.48 bits per heavy atom. The molecular formula is C15H12BrNO4. The Morgan fingerprint density at radius 1 is 1.24 bits per heavy atom. The van der Waals surface area contributed by atoms with Crippen molar-refractivity contribution in [1.82, 2.24) is 0 Å². The van der Waals surface area contributed by atoms with E-state index in [2.05, 4.69) is 15.9 Å². The molecule has 2 rings (SSSR count). The zero-order valence-electron chi connectivity index (χ0n) is 11.1. The van der Waals surface area contributed by atoms with E-state index in [0.717, 1.165) is 10.0 Å². The second kappa shape index (κ2) is 6.41. The summed E-state index contributed by atoms with van der Waals surface area (Å²) in [5.74, 6) is 0.633. The van der Waals surface area contributed by atoms with Gasteiger partial charge in [0.2, 0.25) is 0 Å². The van der Waals surface area contributed by atoms with E-state index in [1.54, 1.807) is 30.4 Å². The molecular weight excluding hydrogens is 338 g/mol. The second-order valence-electron chi connectivity index (χ2n) is 4.23. The molecule has 0 aliphatic carbocycles. The first-order valence-corrected chi connectivity index (χ1v) is 6.79. The Balaban J connectivity index is 2.25. The number of phenols is 1. The molecule has 0 aliphatic heterocycles. The van der Waals surface area contributed by atoms with Gasteiger partial charge in [-0.2, -0.15) is 0 Å². The Labute approximate surface area is 129 Å². The van der Waals surface area contributed by atoms with Crippen molar-refractivity contribution in [3.63, 3.8) is 0 Å². The number of halogens is 1. The van der Waals surface area contributed by atoms with Crippen molar-refractivity contribution >= 4 is 33.8 Å². The van der Waals surface area contributed by atoms with E-state index >= 15 is 0 Å². The van der Waals surface area contributed by atoms with Crippen LogP contribution in [0.5, 0.6) is 11.5 Å². The van der Waals surface area contributed by atoms with Crippen LogP contribution in [0.3, 0.4) is 0 Å². The standard InChI is InChI=1S/C15H12BrNO4/c1-21-15-9-14(18)11(8-13(15)16)5-2-10-3-6-12(7-4-10)17(19)20/h2-9,18H,1H3. The minimum Gasteiger partial charge on any atom is -0.507 e. The lowest BCUT2D eigenvalue weighted by molar-refractivity contribution is -0.384. The summed E-state index contributed by atoms with van der Waals surface area (Å²) >= 11 is 3.35. The first-order chi connectivity index (χ1) is 10.0. The highest BCUT2D eigenvalue weighted by molar-refractivity contribution is 9.10. The van der Waals surface area contributed by atoms with Gasteiger partial charge in [-0.15, -0.1) is 0 Å². The number of nitro groups is 1. The number of aromatic hydroxyl groups is 1. The van der Waals surface area contributed by atoms with E-state index in [4.69, 9.17) is 4.74 Å². The summed E-state index contributed by atoms with van der Waals surface area (Å²) in [5, 5.41) is 20.5. The number of benzene rings is 2. The third-order valence-electron chi connectivity index (χ3n) is 2.86. The van der Waals surface area contributed by atoms with Crippen molar-refractivity contribution in [2.24, 2.45) is 0 Å². The number of phenolic OH excluding ortho intramolecular Hbond substituents is 1. The highest BCUT2D eigenvalue weighted by Crippen LogP contribution is 2.33. The van der Waals surface area contributed by atoms with Crippen molar-refractivity contribution < 1.29 is 14.8 Å². The Hall–Kier alpha value is -2.34. The number of ether oxygens (including phenoxy) is 1. The van der Waals surface area contributed by atoms with Crippen LogP contribution in [0.25, 0.3) is 12.2 Å². The highest BCUT2D eigenvalue weighted by Gasteiger charge is 2.06. The van der Waals surface area contributed by atoms with Gasteiger partial charge in [0.1, 0.15) is 11.5 Å². The molecule has 1 N–H and O–H groups in total. The molecule has 6 heteroatoms. The van der Waals surface area contributed by atoms with E-state index in [1.807, 2.05) is 0 Å². The van der Waals surface area contributed by atoms with E-state index in [1.165, 1.54) is 25.3 Å². The van der Waals surface area contributed by atoms with Gasteiger partial charge >= 0.3 is 0 Å². The van der Waals surface area contributed by atoms with Gasteiger partial charge in [-0.1, -0.05) is 12.2 Å². The molecule has 0 unspecified atom stereocenters. The third kappa shape index (κ3) is 3.61. The molecule has 0 aliphatic rings. The van der Waals surface area contributed by atoms with Gasteiger partial charge in [-0.3, -0.25) is 10.1 Å². The molecule has 21 heavy (non-hydrogen) atoms. The summed E-state index contributed by atoms with van der Waals surface area (Å²) in [7, 11) is 1.52. The minimum atomic E-state index is -0.445. The highest BCUT2D eigenvalue weighted by atomic mass is 79.9. The van der Waals surface area contributed by atoms with Gasteiger partial charge < -0.3 is 9.84 Å². The van der Waals surface area contributed by atoms with Gasteiger partial charge in [0.05, 0.1) is 16.5 Å². The van der Waals surface area contributed by atoms with Gasteiger partial charge in [-0.25, -0.2) is 0 Å². The van der Waals surface area contributed by atoms with Crippen LogP contribution in [-0.2, 0) is 0 Å². The fourth-order valence-electron chi connectivity index (χ4n) is 1.74. The molecule has 5 nitrogen and oxygen atoms in total. The minimum absolute atomic E-state index is 0.0437. The van der Waals surface area contributed by atoms with Crippen LogP contribution < -0.4 is 4.74 Å². The van der Waals surface area contributed by atoms with Crippen molar-refractivity contribution in [3.05, 3.63) is 62.1 Å². The first-order valence-electron chi connectivity index (χ1n) is 6.00. The van der Waals surface area contributed by atoms with E-state index in [-0.39, 0.29) is 11.4 Å². The largest absolute Gasteiger partial charge is 0.507 e. The summed E-state index contributed by atoms with van der Waals surface area (Å²) in [6.07, 6.45) is 3.48. The molecule has 108 valence electrons. The zero-order valence-corrected chi connectivity index (χ0v) is 12.7. The Kier molecular flexibility index (Phi) is 4.59. The number of nitrogens with zero attached hydrogens (tertiary/aromatic N) is 1.